The van der Waals surface area contributed by atoms with Gasteiger partial charge in [0.1, 0.15) is 11.5 Å². The van der Waals surface area contributed by atoms with Crippen molar-refractivity contribution in [3.05, 3.63) is 40.1 Å². The van der Waals surface area contributed by atoms with Crippen LogP contribution < -0.4 is 15.8 Å². The number of ether oxygens (including phenoxy) is 1. The fourth-order valence-electron chi connectivity index (χ4n) is 1.83. The van der Waals surface area contributed by atoms with E-state index in [-0.39, 0.29) is 11.4 Å². The highest BCUT2D eigenvalue weighted by Crippen LogP contribution is 2.35. The van der Waals surface area contributed by atoms with Gasteiger partial charge in [0.25, 0.3) is 0 Å². The molecular weight excluding hydrogens is 274 g/mol. The third-order valence-corrected chi connectivity index (χ3v) is 2.86. The Hall–Kier alpha value is -2.77. The van der Waals surface area contributed by atoms with E-state index in [1.54, 1.807) is 24.4 Å². The number of nitrogens with two attached hydrogens (primary N) is 1. The highest BCUT2D eigenvalue weighted by molar-refractivity contribution is 5.68. The number of benzene rings is 1. The second-order valence-corrected chi connectivity index (χ2v) is 4.42. The average Bonchev–Trinajstić information content (AvgIpc) is 2.87. The van der Waals surface area contributed by atoms with Crippen LogP contribution in [0.15, 0.2) is 24.4 Å². The van der Waals surface area contributed by atoms with Gasteiger partial charge in [0.2, 0.25) is 0 Å². The van der Waals surface area contributed by atoms with Crippen molar-refractivity contribution in [1.29, 1.82) is 0 Å². The number of aromatic nitrogens is 2. The smallest absolute Gasteiger partial charge is 0.333 e. The van der Waals surface area contributed by atoms with Gasteiger partial charge in [0.05, 0.1) is 17.7 Å². The van der Waals surface area contributed by atoms with Crippen molar-refractivity contribution in [1.82, 2.24) is 10.2 Å². The van der Waals surface area contributed by atoms with Gasteiger partial charge in [0.15, 0.2) is 5.75 Å². The zero-order valence-corrected chi connectivity index (χ0v) is 11.6. The van der Waals surface area contributed by atoms with Crippen molar-refractivity contribution >= 4 is 17.2 Å². The van der Waals surface area contributed by atoms with Crippen LogP contribution in [0, 0.1) is 10.1 Å². The zero-order valence-electron chi connectivity index (χ0n) is 11.6. The van der Waals surface area contributed by atoms with E-state index in [0.29, 0.717) is 24.7 Å². The molecule has 2 rings (SSSR count). The lowest BCUT2D eigenvalue weighted by Crippen LogP contribution is -2.06. The van der Waals surface area contributed by atoms with Crippen LogP contribution in [-0.4, -0.2) is 21.7 Å². The Labute approximate surface area is 121 Å². The van der Waals surface area contributed by atoms with Crippen LogP contribution in [0.1, 0.15) is 18.9 Å². The Balaban J connectivity index is 2.21. The van der Waals surface area contributed by atoms with Crippen molar-refractivity contribution < 1.29 is 9.66 Å². The molecule has 0 fully saturated rings. The van der Waals surface area contributed by atoms with E-state index in [1.807, 2.05) is 6.92 Å². The monoisotopic (exact) mass is 291 g/mol. The van der Waals surface area contributed by atoms with E-state index in [1.165, 1.54) is 0 Å². The highest BCUT2D eigenvalue weighted by Gasteiger charge is 2.21. The third-order valence-electron chi connectivity index (χ3n) is 2.86. The number of nitro groups is 1. The number of rotatable bonds is 7. The molecule has 0 saturated carbocycles. The van der Waals surface area contributed by atoms with Crippen molar-refractivity contribution in [2.24, 2.45) is 0 Å². The van der Waals surface area contributed by atoms with Crippen LogP contribution in [0.4, 0.5) is 17.2 Å². The number of nitro benzene ring substituents is 1. The number of hydrogen-bond donors (Lipinski definition) is 3. The number of nitrogen functional groups attached to an aromatic ring is 1. The molecule has 0 atom stereocenters. The first-order valence-electron chi connectivity index (χ1n) is 6.55. The minimum atomic E-state index is -0.452. The normalized spacial score (nSPS) is 10.3. The number of aromatic amines is 1. The molecule has 2 aromatic rings. The van der Waals surface area contributed by atoms with E-state index < -0.39 is 4.92 Å². The van der Waals surface area contributed by atoms with Crippen LogP contribution in [-0.2, 0) is 6.54 Å². The first kappa shape index (κ1) is 14.6. The van der Waals surface area contributed by atoms with Crippen LogP contribution in [0.2, 0.25) is 0 Å². The number of nitrogens with one attached hydrogen (secondary N) is 2. The molecule has 1 aromatic carbocycles. The molecule has 0 aliphatic rings. The lowest BCUT2D eigenvalue weighted by atomic mass is 10.2. The molecule has 0 amide bonds. The summed E-state index contributed by atoms with van der Waals surface area (Å²) in [6.07, 6.45) is 2.35. The van der Waals surface area contributed by atoms with E-state index in [0.717, 1.165) is 12.0 Å². The fraction of sp³-hybridized carbons (Fsp3) is 0.308. The number of hydrogen-bond acceptors (Lipinski definition) is 6. The molecule has 0 bridgehead atoms. The summed E-state index contributed by atoms with van der Waals surface area (Å²) in [4.78, 5) is 10.8. The van der Waals surface area contributed by atoms with E-state index >= 15 is 0 Å². The maximum Gasteiger partial charge on any atom is 0.333 e. The second kappa shape index (κ2) is 6.60. The fourth-order valence-corrected chi connectivity index (χ4v) is 1.83. The molecule has 1 heterocycles. The average molecular weight is 291 g/mol. The van der Waals surface area contributed by atoms with Gasteiger partial charge in [-0.3, -0.25) is 15.2 Å². The zero-order chi connectivity index (χ0) is 15.2. The molecule has 0 saturated heterocycles. The van der Waals surface area contributed by atoms with Crippen LogP contribution in [0.3, 0.4) is 0 Å². The maximum absolute atomic E-state index is 11.3. The Bertz CT molecular complexity index is 626. The lowest BCUT2D eigenvalue weighted by molar-refractivity contribution is -0.385. The molecule has 0 spiro atoms. The molecule has 112 valence electrons. The molecule has 4 N–H and O–H groups in total. The Morgan fingerprint density at radius 3 is 2.95 bits per heavy atom. The number of H-pyrrole nitrogens is 1. The Kier molecular flexibility index (Phi) is 4.60. The SMILES string of the molecule is CCCOc1cccc(NCc2cn[nH]c2N)c1[N+](=O)[O-]. The standard InChI is InChI=1S/C13H17N5O3/c1-2-6-21-11-5-3-4-10(12(11)18(19)20)15-7-9-8-16-17-13(9)14/h3-5,8,15H,2,6-7H2,1H3,(H3,14,16,17). The van der Waals surface area contributed by atoms with Crippen LogP contribution in [0.25, 0.3) is 0 Å². The molecule has 8 nitrogen and oxygen atoms in total. The summed E-state index contributed by atoms with van der Waals surface area (Å²) in [6.45, 7) is 2.70. The van der Waals surface area contributed by atoms with Gasteiger partial charge >= 0.3 is 5.69 Å². The first-order valence-corrected chi connectivity index (χ1v) is 6.55. The quantitative estimate of drug-likeness (QED) is 0.532. The van der Waals surface area contributed by atoms with Crippen molar-refractivity contribution in [3.8, 4) is 5.75 Å². The third kappa shape index (κ3) is 3.41. The molecule has 0 aliphatic carbocycles. The van der Waals surface area contributed by atoms with E-state index in [9.17, 15) is 10.1 Å². The predicted octanol–water partition coefficient (Wildman–Crippen LogP) is 2.30. The molecule has 0 aliphatic heterocycles. The van der Waals surface area contributed by atoms with Crippen LogP contribution >= 0.6 is 0 Å². The summed E-state index contributed by atoms with van der Waals surface area (Å²) in [5, 5.41) is 20.7. The maximum atomic E-state index is 11.3. The first-order chi connectivity index (χ1) is 10.1. The minimum absolute atomic E-state index is 0.0759. The van der Waals surface area contributed by atoms with Crippen molar-refractivity contribution in [2.75, 3.05) is 17.7 Å². The molecular formula is C13H17N5O3. The number of nitrogens with zero attached hydrogens (tertiary/aromatic N) is 2. The van der Waals surface area contributed by atoms with Gasteiger partial charge in [-0.15, -0.1) is 0 Å². The Morgan fingerprint density at radius 1 is 1.52 bits per heavy atom. The van der Waals surface area contributed by atoms with Crippen molar-refractivity contribution in [3.63, 3.8) is 0 Å². The summed E-state index contributed by atoms with van der Waals surface area (Å²) >= 11 is 0. The molecule has 1 aromatic heterocycles. The molecule has 0 radical (unpaired) electrons. The lowest BCUT2D eigenvalue weighted by Gasteiger charge is -2.10. The summed E-state index contributed by atoms with van der Waals surface area (Å²) in [7, 11) is 0. The Morgan fingerprint density at radius 2 is 2.33 bits per heavy atom. The molecule has 0 unspecified atom stereocenters. The number of para-hydroxylation sites is 1. The predicted molar refractivity (Wildman–Crippen MR) is 79.2 cm³/mol. The second-order valence-electron chi connectivity index (χ2n) is 4.42. The van der Waals surface area contributed by atoms with Crippen LogP contribution in [0.5, 0.6) is 5.75 Å². The molecule has 8 heteroatoms. The van der Waals surface area contributed by atoms with Gasteiger partial charge in [-0.25, -0.2) is 0 Å². The summed E-state index contributed by atoms with van der Waals surface area (Å²) in [5.41, 5.74) is 6.73. The van der Waals surface area contributed by atoms with E-state index in [4.69, 9.17) is 10.5 Å². The topological polar surface area (TPSA) is 119 Å². The van der Waals surface area contributed by atoms with Gasteiger partial charge in [-0.1, -0.05) is 13.0 Å². The number of anilines is 2. The molecule has 21 heavy (non-hydrogen) atoms. The summed E-state index contributed by atoms with van der Waals surface area (Å²) < 4.78 is 5.42. The van der Waals surface area contributed by atoms with Gasteiger partial charge in [0, 0.05) is 12.1 Å². The summed E-state index contributed by atoms with van der Waals surface area (Å²) in [6, 6.07) is 4.93. The van der Waals surface area contributed by atoms with Gasteiger partial charge < -0.3 is 15.8 Å². The minimum Gasteiger partial charge on any atom is -0.487 e. The van der Waals surface area contributed by atoms with Gasteiger partial charge in [-0.2, -0.15) is 5.10 Å². The highest BCUT2D eigenvalue weighted by atomic mass is 16.6. The largest absolute Gasteiger partial charge is 0.487 e. The van der Waals surface area contributed by atoms with Gasteiger partial charge in [-0.05, 0) is 18.6 Å². The van der Waals surface area contributed by atoms with E-state index in [2.05, 4.69) is 15.5 Å². The van der Waals surface area contributed by atoms with Crippen molar-refractivity contribution in [2.45, 2.75) is 19.9 Å². The summed E-state index contributed by atoms with van der Waals surface area (Å²) in [5.74, 6) is 0.690.